The molecule has 1 fully saturated rings. The van der Waals surface area contributed by atoms with Crippen molar-refractivity contribution < 1.29 is 4.74 Å². The van der Waals surface area contributed by atoms with E-state index in [9.17, 15) is 0 Å². The standard InChI is InChI=1S/C10H14N2O/c11-12-6-7-13-8-10(12)9-4-2-1-3-5-9/h1-5,10H,6-8,11H2. The van der Waals surface area contributed by atoms with Crippen molar-refractivity contribution in [1.82, 2.24) is 5.01 Å². The lowest BCUT2D eigenvalue weighted by Gasteiger charge is -2.31. The van der Waals surface area contributed by atoms with E-state index in [2.05, 4.69) is 12.1 Å². The van der Waals surface area contributed by atoms with Gasteiger partial charge in [-0.1, -0.05) is 30.3 Å². The van der Waals surface area contributed by atoms with E-state index in [4.69, 9.17) is 10.6 Å². The molecule has 70 valence electrons. The third-order valence-corrected chi connectivity index (χ3v) is 2.35. The third kappa shape index (κ3) is 1.88. The predicted molar refractivity (Wildman–Crippen MR) is 50.9 cm³/mol. The Kier molecular flexibility index (Phi) is 2.59. The topological polar surface area (TPSA) is 38.5 Å². The summed E-state index contributed by atoms with van der Waals surface area (Å²) in [5, 5.41) is 1.85. The summed E-state index contributed by atoms with van der Waals surface area (Å²) < 4.78 is 5.39. The number of nitrogens with two attached hydrogens (primary N) is 1. The van der Waals surface area contributed by atoms with Crippen LogP contribution in [-0.4, -0.2) is 24.8 Å². The summed E-state index contributed by atoms with van der Waals surface area (Å²) in [5.74, 6) is 5.86. The molecule has 2 N–H and O–H groups in total. The second-order valence-corrected chi connectivity index (χ2v) is 3.24. The molecule has 3 nitrogen and oxygen atoms in total. The number of benzene rings is 1. The zero-order valence-corrected chi connectivity index (χ0v) is 7.52. The molecule has 1 atom stereocenters. The minimum Gasteiger partial charge on any atom is -0.378 e. The first-order chi connectivity index (χ1) is 6.38. The molecule has 3 heteroatoms. The highest BCUT2D eigenvalue weighted by molar-refractivity contribution is 5.19. The molecule has 0 radical (unpaired) electrons. The molecule has 1 aromatic carbocycles. The Labute approximate surface area is 78.1 Å². The van der Waals surface area contributed by atoms with Gasteiger partial charge in [-0.3, -0.25) is 5.84 Å². The molecule has 1 aliphatic heterocycles. The van der Waals surface area contributed by atoms with Crippen molar-refractivity contribution in [1.29, 1.82) is 0 Å². The van der Waals surface area contributed by atoms with Crippen LogP contribution in [-0.2, 0) is 4.74 Å². The Morgan fingerprint density at radius 1 is 1.31 bits per heavy atom. The van der Waals surface area contributed by atoms with Crippen molar-refractivity contribution in [2.45, 2.75) is 6.04 Å². The van der Waals surface area contributed by atoms with Crippen molar-refractivity contribution in [3.8, 4) is 0 Å². The van der Waals surface area contributed by atoms with Gasteiger partial charge in [-0.15, -0.1) is 0 Å². The molecule has 0 aliphatic carbocycles. The minimum absolute atomic E-state index is 0.218. The molecule has 0 spiro atoms. The smallest absolute Gasteiger partial charge is 0.0725 e. The maximum Gasteiger partial charge on any atom is 0.0725 e. The highest BCUT2D eigenvalue weighted by Gasteiger charge is 2.21. The molecule has 2 rings (SSSR count). The van der Waals surface area contributed by atoms with Crippen LogP contribution in [0.5, 0.6) is 0 Å². The SMILES string of the molecule is NN1CCOCC1c1ccccc1. The maximum absolute atomic E-state index is 5.86. The van der Waals surface area contributed by atoms with Gasteiger partial charge in [-0.05, 0) is 5.56 Å². The molecule has 0 saturated carbocycles. The van der Waals surface area contributed by atoms with E-state index in [0.717, 1.165) is 13.2 Å². The molecular weight excluding hydrogens is 164 g/mol. The zero-order valence-electron chi connectivity index (χ0n) is 7.52. The number of ether oxygens (including phenoxy) is 1. The molecule has 1 aliphatic rings. The van der Waals surface area contributed by atoms with Gasteiger partial charge in [0.15, 0.2) is 0 Å². The van der Waals surface area contributed by atoms with Crippen molar-refractivity contribution >= 4 is 0 Å². The lowest BCUT2D eigenvalue weighted by atomic mass is 10.1. The van der Waals surface area contributed by atoms with Gasteiger partial charge in [0.1, 0.15) is 0 Å². The largest absolute Gasteiger partial charge is 0.378 e. The number of hydrogen-bond acceptors (Lipinski definition) is 3. The lowest BCUT2D eigenvalue weighted by molar-refractivity contribution is -0.00894. The number of hydrazine groups is 1. The summed E-state index contributed by atoms with van der Waals surface area (Å²) in [6.45, 7) is 2.24. The summed E-state index contributed by atoms with van der Waals surface area (Å²) in [5.41, 5.74) is 1.23. The normalized spacial score (nSPS) is 24.5. The quantitative estimate of drug-likeness (QED) is 0.650. The van der Waals surface area contributed by atoms with Crippen LogP contribution in [0.3, 0.4) is 0 Å². The summed E-state index contributed by atoms with van der Waals surface area (Å²) >= 11 is 0. The average molecular weight is 178 g/mol. The predicted octanol–water partition coefficient (Wildman–Crippen LogP) is 0.934. The Morgan fingerprint density at radius 2 is 2.08 bits per heavy atom. The van der Waals surface area contributed by atoms with Crippen LogP contribution in [0.2, 0.25) is 0 Å². The number of rotatable bonds is 1. The Morgan fingerprint density at radius 3 is 2.77 bits per heavy atom. The number of nitrogens with zero attached hydrogens (tertiary/aromatic N) is 1. The van der Waals surface area contributed by atoms with E-state index in [1.54, 1.807) is 0 Å². The second-order valence-electron chi connectivity index (χ2n) is 3.24. The zero-order chi connectivity index (χ0) is 9.10. The van der Waals surface area contributed by atoms with Crippen molar-refractivity contribution in [2.24, 2.45) is 5.84 Å². The lowest BCUT2D eigenvalue weighted by Crippen LogP contribution is -2.43. The molecule has 1 heterocycles. The van der Waals surface area contributed by atoms with Crippen LogP contribution in [0.15, 0.2) is 30.3 Å². The molecule has 0 amide bonds. The third-order valence-electron chi connectivity index (χ3n) is 2.35. The van der Waals surface area contributed by atoms with Gasteiger partial charge >= 0.3 is 0 Å². The van der Waals surface area contributed by atoms with Crippen LogP contribution in [0.4, 0.5) is 0 Å². The van der Waals surface area contributed by atoms with Gasteiger partial charge in [0, 0.05) is 6.54 Å². The van der Waals surface area contributed by atoms with Crippen LogP contribution < -0.4 is 5.84 Å². The Balaban J connectivity index is 2.15. The van der Waals surface area contributed by atoms with Gasteiger partial charge in [-0.2, -0.15) is 0 Å². The fourth-order valence-electron chi connectivity index (χ4n) is 1.58. The Hall–Kier alpha value is -0.900. The summed E-state index contributed by atoms with van der Waals surface area (Å²) in [4.78, 5) is 0. The van der Waals surface area contributed by atoms with Crippen LogP contribution in [0.25, 0.3) is 0 Å². The summed E-state index contributed by atoms with van der Waals surface area (Å²) in [7, 11) is 0. The molecule has 1 unspecified atom stereocenters. The first-order valence-corrected chi connectivity index (χ1v) is 4.52. The highest BCUT2D eigenvalue weighted by atomic mass is 16.5. The van der Waals surface area contributed by atoms with Crippen molar-refractivity contribution in [3.05, 3.63) is 35.9 Å². The van der Waals surface area contributed by atoms with Gasteiger partial charge in [-0.25, -0.2) is 5.01 Å². The van der Waals surface area contributed by atoms with Crippen LogP contribution in [0.1, 0.15) is 11.6 Å². The monoisotopic (exact) mass is 178 g/mol. The Bertz CT molecular complexity index is 263. The summed E-state index contributed by atoms with van der Waals surface area (Å²) in [6.07, 6.45) is 0. The number of morpholine rings is 1. The molecule has 0 bridgehead atoms. The second kappa shape index (κ2) is 3.87. The van der Waals surface area contributed by atoms with Gasteiger partial charge in [0.2, 0.25) is 0 Å². The van der Waals surface area contributed by atoms with E-state index >= 15 is 0 Å². The molecular formula is C10H14N2O. The molecule has 13 heavy (non-hydrogen) atoms. The summed E-state index contributed by atoms with van der Waals surface area (Å²) in [6, 6.07) is 10.4. The van der Waals surface area contributed by atoms with Gasteiger partial charge in [0.05, 0.1) is 19.3 Å². The van der Waals surface area contributed by atoms with E-state index in [1.165, 1.54) is 5.56 Å². The fourth-order valence-corrected chi connectivity index (χ4v) is 1.58. The van der Waals surface area contributed by atoms with Gasteiger partial charge < -0.3 is 4.74 Å². The van der Waals surface area contributed by atoms with E-state index in [1.807, 2.05) is 23.2 Å². The highest BCUT2D eigenvalue weighted by Crippen LogP contribution is 2.20. The van der Waals surface area contributed by atoms with Crippen LogP contribution >= 0.6 is 0 Å². The molecule has 1 saturated heterocycles. The van der Waals surface area contributed by atoms with E-state index in [0.29, 0.717) is 6.61 Å². The fraction of sp³-hybridized carbons (Fsp3) is 0.400. The van der Waals surface area contributed by atoms with Crippen LogP contribution in [0, 0.1) is 0 Å². The number of hydrogen-bond donors (Lipinski definition) is 1. The molecule has 1 aromatic rings. The molecule has 0 aromatic heterocycles. The van der Waals surface area contributed by atoms with E-state index < -0.39 is 0 Å². The van der Waals surface area contributed by atoms with E-state index in [-0.39, 0.29) is 6.04 Å². The first-order valence-electron chi connectivity index (χ1n) is 4.52. The van der Waals surface area contributed by atoms with Crippen molar-refractivity contribution in [2.75, 3.05) is 19.8 Å². The maximum atomic E-state index is 5.86. The average Bonchev–Trinajstić information content (AvgIpc) is 2.20. The minimum atomic E-state index is 0.218. The van der Waals surface area contributed by atoms with Crippen molar-refractivity contribution in [3.63, 3.8) is 0 Å². The van der Waals surface area contributed by atoms with Gasteiger partial charge in [0.25, 0.3) is 0 Å². The first kappa shape index (κ1) is 8.69.